The maximum Gasteiger partial charge on any atom is 0.311 e. The third-order valence-corrected chi connectivity index (χ3v) is 2.89. The van der Waals surface area contributed by atoms with Crippen molar-refractivity contribution in [1.29, 1.82) is 0 Å². The second kappa shape index (κ2) is 4.61. The van der Waals surface area contributed by atoms with Crippen molar-refractivity contribution in [2.24, 2.45) is 0 Å². The Morgan fingerprint density at radius 3 is 2.78 bits per heavy atom. The van der Waals surface area contributed by atoms with E-state index >= 15 is 0 Å². The molecule has 0 radical (unpaired) electrons. The average molecular weight is 252 g/mol. The number of aliphatic hydroxyl groups is 1. The largest absolute Gasteiger partial charge is 0.502 e. The summed E-state index contributed by atoms with van der Waals surface area (Å²) in [4.78, 5) is 23.3. The Labute approximate surface area is 102 Å². The van der Waals surface area contributed by atoms with Gasteiger partial charge in [0.15, 0.2) is 0 Å². The van der Waals surface area contributed by atoms with Gasteiger partial charge in [-0.15, -0.1) is 0 Å². The first-order valence-electron chi connectivity index (χ1n) is 5.44. The van der Waals surface area contributed by atoms with Gasteiger partial charge in [0.05, 0.1) is 16.6 Å². The molecule has 7 heteroatoms. The smallest absolute Gasteiger partial charge is 0.311 e. The van der Waals surface area contributed by atoms with Crippen LogP contribution in [-0.2, 0) is 0 Å². The molecule has 18 heavy (non-hydrogen) atoms. The topological polar surface area (TPSA) is 104 Å². The molecule has 1 aliphatic rings. The second-order valence-electron chi connectivity index (χ2n) is 4.12. The summed E-state index contributed by atoms with van der Waals surface area (Å²) in [5.41, 5.74) is -0.612. The van der Waals surface area contributed by atoms with Gasteiger partial charge in [-0.2, -0.15) is 0 Å². The SMILES string of the molecule is O=C(c1cccc([N+](=O)[O-])c1O)N1CC[C@H](O)C1. The Bertz CT molecular complexity index is 502. The summed E-state index contributed by atoms with van der Waals surface area (Å²) in [7, 11) is 0. The lowest BCUT2D eigenvalue weighted by Gasteiger charge is -2.15. The highest BCUT2D eigenvalue weighted by atomic mass is 16.6. The van der Waals surface area contributed by atoms with Gasteiger partial charge in [0, 0.05) is 19.2 Å². The zero-order chi connectivity index (χ0) is 13.3. The van der Waals surface area contributed by atoms with E-state index in [0.29, 0.717) is 13.0 Å². The van der Waals surface area contributed by atoms with Crippen molar-refractivity contribution in [1.82, 2.24) is 4.90 Å². The number of carbonyl (C=O) groups excluding carboxylic acids is 1. The molecule has 1 heterocycles. The molecule has 1 amide bonds. The van der Waals surface area contributed by atoms with Gasteiger partial charge in [-0.1, -0.05) is 6.07 Å². The number of amides is 1. The number of rotatable bonds is 2. The number of hydrogen-bond donors (Lipinski definition) is 2. The molecule has 1 aliphatic heterocycles. The first-order chi connectivity index (χ1) is 8.50. The molecule has 1 saturated heterocycles. The van der Waals surface area contributed by atoms with Crippen molar-refractivity contribution in [3.8, 4) is 5.75 Å². The number of phenolic OH excluding ortho intramolecular Hbond substituents is 1. The van der Waals surface area contributed by atoms with E-state index in [4.69, 9.17) is 0 Å². The molecule has 1 aromatic rings. The van der Waals surface area contributed by atoms with Crippen molar-refractivity contribution in [3.05, 3.63) is 33.9 Å². The van der Waals surface area contributed by atoms with Gasteiger partial charge >= 0.3 is 5.69 Å². The first kappa shape index (κ1) is 12.3. The van der Waals surface area contributed by atoms with Gasteiger partial charge in [0.1, 0.15) is 0 Å². The molecule has 1 atom stereocenters. The van der Waals surface area contributed by atoms with Crippen molar-refractivity contribution in [2.75, 3.05) is 13.1 Å². The van der Waals surface area contributed by atoms with E-state index in [1.807, 2.05) is 0 Å². The summed E-state index contributed by atoms with van der Waals surface area (Å²) < 4.78 is 0. The molecule has 0 spiro atoms. The van der Waals surface area contributed by atoms with Gasteiger partial charge in [0.25, 0.3) is 5.91 Å². The van der Waals surface area contributed by atoms with Gasteiger partial charge in [-0.3, -0.25) is 14.9 Å². The Morgan fingerprint density at radius 1 is 1.50 bits per heavy atom. The number of β-amino-alcohol motifs (C(OH)–C–C–N with tert-alkyl or cyclic N) is 1. The van der Waals surface area contributed by atoms with E-state index in [-0.39, 0.29) is 12.1 Å². The maximum absolute atomic E-state index is 12.0. The lowest BCUT2D eigenvalue weighted by atomic mass is 10.1. The molecule has 0 bridgehead atoms. The van der Waals surface area contributed by atoms with Crippen molar-refractivity contribution < 1.29 is 19.9 Å². The average Bonchev–Trinajstić information content (AvgIpc) is 2.75. The number of benzene rings is 1. The highest BCUT2D eigenvalue weighted by Crippen LogP contribution is 2.30. The molecule has 1 aromatic carbocycles. The lowest BCUT2D eigenvalue weighted by molar-refractivity contribution is -0.385. The number of nitro groups is 1. The number of hydrogen-bond acceptors (Lipinski definition) is 5. The minimum absolute atomic E-state index is 0.113. The quantitative estimate of drug-likeness (QED) is 0.589. The number of nitrogens with zero attached hydrogens (tertiary/aromatic N) is 2. The zero-order valence-corrected chi connectivity index (χ0v) is 9.44. The van der Waals surface area contributed by atoms with Crippen molar-refractivity contribution in [3.63, 3.8) is 0 Å². The summed E-state index contributed by atoms with van der Waals surface area (Å²) in [6.45, 7) is 0.559. The van der Waals surface area contributed by atoms with Crippen LogP contribution in [0.25, 0.3) is 0 Å². The number of aromatic hydroxyl groups is 1. The Hall–Kier alpha value is -2.15. The van der Waals surface area contributed by atoms with E-state index in [1.54, 1.807) is 0 Å². The van der Waals surface area contributed by atoms with Crippen LogP contribution in [0.15, 0.2) is 18.2 Å². The standard InChI is InChI=1S/C11H12N2O5/c14-7-4-5-12(6-7)11(16)8-2-1-3-9(10(8)15)13(17)18/h1-3,7,14-15H,4-6H2/t7-/m0/s1. The van der Waals surface area contributed by atoms with Crippen LogP contribution in [0.4, 0.5) is 5.69 Å². The van der Waals surface area contributed by atoms with Gasteiger partial charge in [-0.25, -0.2) is 0 Å². The van der Waals surface area contributed by atoms with Gasteiger partial charge < -0.3 is 15.1 Å². The maximum atomic E-state index is 12.0. The summed E-state index contributed by atoms with van der Waals surface area (Å²) >= 11 is 0. The molecule has 1 fully saturated rings. The predicted molar refractivity (Wildman–Crippen MR) is 61.3 cm³/mol. The molecular weight excluding hydrogens is 240 g/mol. The summed E-state index contributed by atoms with van der Waals surface area (Å²) in [6, 6.07) is 3.80. The fraction of sp³-hybridized carbons (Fsp3) is 0.364. The number of phenols is 1. The Morgan fingerprint density at radius 2 is 2.22 bits per heavy atom. The molecule has 7 nitrogen and oxygen atoms in total. The molecule has 0 aliphatic carbocycles. The van der Waals surface area contributed by atoms with Crippen LogP contribution in [0.2, 0.25) is 0 Å². The molecule has 0 aromatic heterocycles. The minimum atomic E-state index is -0.745. The minimum Gasteiger partial charge on any atom is -0.502 e. The zero-order valence-electron chi connectivity index (χ0n) is 9.44. The molecule has 0 unspecified atom stereocenters. The molecular formula is C11H12N2O5. The van der Waals surface area contributed by atoms with Crippen LogP contribution >= 0.6 is 0 Å². The molecule has 0 saturated carbocycles. The highest BCUT2D eigenvalue weighted by Gasteiger charge is 2.29. The fourth-order valence-electron chi connectivity index (χ4n) is 1.95. The van der Waals surface area contributed by atoms with Crippen LogP contribution < -0.4 is 0 Å². The van der Waals surface area contributed by atoms with E-state index in [2.05, 4.69) is 0 Å². The highest BCUT2D eigenvalue weighted by molar-refractivity contribution is 5.98. The third-order valence-electron chi connectivity index (χ3n) is 2.89. The number of aliphatic hydroxyl groups excluding tert-OH is 1. The lowest BCUT2D eigenvalue weighted by Crippen LogP contribution is -2.29. The van der Waals surface area contributed by atoms with Gasteiger partial charge in [-0.05, 0) is 12.5 Å². The monoisotopic (exact) mass is 252 g/mol. The van der Waals surface area contributed by atoms with E-state index < -0.39 is 28.4 Å². The summed E-state index contributed by atoms with van der Waals surface area (Å²) in [5.74, 6) is -1.14. The van der Waals surface area contributed by atoms with Crippen molar-refractivity contribution in [2.45, 2.75) is 12.5 Å². The third kappa shape index (κ3) is 2.12. The summed E-state index contributed by atoms with van der Waals surface area (Å²) in [6.07, 6.45) is -0.101. The van der Waals surface area contributed by atoms with Gasteiger partial charge in [0.2, 0.25) is 5.75 Å². The predicted octanol–water partition coefficient (Wildman–Crippen LogP) is 0.507. The fourth-order valence-corrected chi connectivity index (χ4v) is 1.95. The van der Waals surface area contributed by atoms with Crippen LogP contribution in [0.1, 0.15) is 16.8 Å². The Balaban J connectivity index is 2.31. The number of para-hydroxylation sites is 1. The number of nitro benzene ring substituents is 1. The summed E-state index contributed by atoms with van der Waals surface area (Å²) in [5, 5.41) is 29.7. The van der Waals surface area contributed by atoms with E-state index in [9.17, 15) is 25.1 Å². The first-order valence-corrected chi connectivity index (χ1v) is 5.44. The van der Waals surface area contributed by atoms with Crippen molar-refractivity contribution >= 4 is 11.6 Å². The van der Waals surface area contributed by atoms with E-state index in [0.717, 1.165) is 6.07 Å². The van der Waals surface area contributed by atoms with Crippen LogP contribution in [0.3, 0.4) is 0 Å². The molecule has 2 N–H and O–H groups in total. The van der Waals surface area contributed by atoms with Crippen LogP contribution in [-0.4, -0.2) is 45.1 Å². The molecule has 2 rings (SSSR count). The van der Waals surface area contributed by atoms with E-state index in [1.165, 1.54) is 17.0 Å². The second-order valence-corrected chi connectivity index (χ2v) is 4.12. The van der Waals surface area contributed by atoms with Crippen LogP contribution in [0, 0.1) is 10.1 Å². The normalized spacial score (nSPS) is 18.9. The number of likely N-dealkylation sites (tertiary alicyclic amines) is 1. The number of carbonyl (C=O) groups is 1. The van der Waals surface area contributed by atoms with Crippen LogP contribution in [0.5, 0.6) is 5.75 Å². The Kier molecular flexibility index (Phi) is 3.15. The molecule has 96 valence electrons.